The van der Waals surface area contributed by atoms with Crippen molar-refractivity contribution in [1.82, 2.24) is 10.3 Å². The molecule has 3 rings (SSSR count). The molecular weight excluding hydrogens is 286 g/mol. The van der Waals surface area contributed by atoms with E-state index in [2.05, 4.69) is 45.8 Å². The third-order valence-electron chi connectivity index (χ3n) is 5.40. The first kappa shape index (κ1) is 16.1. The second kappa shape index (κ2) is 7.21. The maximum atomic E-state index is 5.75. The van der Waals surface area contributed by atoms with E-state index < -0.39 is 0 Å². The van der Waals surface area contributed by atoms with Gasteiger partial charge in [-0.05, 0) is 24.3 Å². The van der Waals surface area contributed by atoms with Gasteiger partial charge in [-0.25, -0.2) is 0 Å². The van der Waals surface area contributed by atoms with Gasteiger partial charge in [0.15, 0.2) is 0 Å². The lowest BCUT2D eigenvalue weighted by atomic mass is 9.72. The largest absolute Gasteiger partial charge is 0.369 e. The van der Waals surface area contributed by atoms with Crippen molar-refractivity contribution < 1.29 is 0 Å². The molecule has 5 nitrogen and oxygen atoms in total. The summed E-state index contributed by atoms with van der Waals surface area (Å²) in [5.41, 5.74) is 12.7. The second-order valence-corrected chi connectivity index (χ2v) is 6.80. The molecular formula is C18H29N5. The Morgan fingerprint density at radius 1 is 1.09 bits per heavy atom. The lowest BCUT2D eigenvalue weighted by Gasteiger charge is -2.51. The Morgan fingerprint density at radius 2 is 1.78 bits per heavy atom. The van der Waals surface area contributed by atoms with Gasteiger partial charge >= 0.3 is 0 Å². The van der Waals surface area contributed by atoms with Gasteiger partial charge < -0.3 is 16.8 Å². The molecule has 1 aliphatic carbocycles. The van der Waals surface area contributed by atoms with Gasteiger partial charge in [-0.1, -0.05) is 56.0 Å². The maximum Gasteiger partial charge on any atom is 0.208 e. The molecule has 0 spiro atoms. The number of rotatable bonds is 3. The van der Waals surface area contributed by atoms with E-state index in [1.165, 1.54) is 44.1 Å². The highest BCUT2D eigenvalue weighted by Gasteiger charge is 2.46. The van der Waals surface area contributed by atoms with Crippen LogP contribution in [0.3, 0.4) is 0 Å². The molecule has 1 unspecified atom stereocenters. The van der Waals surface area contributed by atoms with Crippen molar-refractivity contribution in [3.63, 3.8) is 0 Å². The topological polar surface area (TPSA) is 79.7 Å². The molecule has 0 radical (unpaired) electrons. The van der Waals surface area contributed by atoms with Crippen molar-refractivity contribution in [3.05, 3.63) is 35.9 Å². The fourth-order valence-corrected chi connectivity index (χ4v) is 4.36. The van der Waals surface area contributed by atoms with E-state index in [0.29, 0.717) is 5.92 Å². The Bertz CT molecular complexity index is 517. The molecule has 5 N–H and O–H groups in total. The summed E-state index contributed by atoms with van der Waals surface area (Å²) in [5.74, 6) is 0.726. The van der Waals surface area contributed by atoms with Crippen LogP contribution in [0.5, 0.6) is 0 Å². The van der Waals surface area contributed by atoms with Gasteiger partial charge in [0, 0.05) is 19.6 Å². The normalized spacial score (nSPS) is 26.5. The van der Waals surface area contributed by atoms with Crippen LogP contribution < -0.4 is 16.8 Å². The van der Waals surface area contributed by atoms with Crippen LogP contribution >= 0.6 is 0 Å². The number of nitrogens with zero attached hydrogens (tertiary/aromatic N) is 2. The van der Waals surface area contributed by atoms with Gasteiger partial charge in [0.25, 0.3) is 0 Å². The number of hydrogen-bond acceptors (Lipinski definition) is 3. The first-order chi connectivity index (χ1) is 11.2. The Balaban J connectivity index is 2.05. The van der Waals surface area contributed by atoms with E-state index in [1.807, 2.05) is 0 Å². The summed E-state index contributed by atoms with van der Waals surface area (Å²) >= 11 is 0. The molecule has 2 fully saturated rings. The van der Waals surface area contributed by atoms with Gasteiger partial charge in [0.2, 0.25) is 5.96 Å². The van der Waals surface area contributed by atoms with Crippen molar-refractivity contribution in [3.8, 4) is 0 Å². The van der Waals surface area contributed by atoms with E-state index in [0.717, 1.165) is 19.6 Å². The zero-order chi connectivity index (χ0) is 16.1. The predicted octanol–water partition coefficient (Wildman–Crippen LogP) is 1.95. The highest BCUT2D eigenvalue weighted by atomic mass is 15.5. The molecule has 1 aliphatic heterocycles. The summed E-state index contributed by atoms with van der Waals surface area (Å²) in [6.07, 6.45) is 7.78. The first-order valence-corrected chi connectivity index (χ1v) is 8.87. The van der Waals surface area contributed by atoms with Crippen LogP contribution in [-0.2, 0) is 5.54 Å². The molecule has 1 heterocycles. The van der Waals surface area contributed by atoms with Crippen LogP contribution in [0.4, 0.5) is 0 Å². The smallest absolute Gasteiger partial charge is 0.208 e. The summed E-state index contributed by atoms with van der Waals surface area (Å²) in [6, 6.07) is 10.8. The molecule has 1 atom stereocenters. The van der Waals surface area contributed by atoms with Gasteiger partial charge in [-0.3, -0.25) is 5.01 Å². The third-order valence-corrected chi connectivity index (χ3v) is 5.40. The maximum absolute atomic E-state index is 5.75. The van der Waals surface area contributed by atoms with Gasteiger partial charge in [-0.2, -0.15) is 0 Å². The Morgan fingerprint density at radius 3 is 2.43 bits per heavy atom. The van der Waals surface area contributed by atoms with E-state index in [9.17, 15) is 0 Å². The molecule has 2 aliphatic rings. The lowest BCUT2D eigenvalue weighted by molar-refractivity contribution is -0.000141. The summed E-state index contributed by atoms with van der Waals surface area (Å²) in [6.45, 7) is 2.65. The molecule has 5 heteroatoms. The minimum absolute atomic E-state index is 0.145. The highest BCUT2D eigenvalue weighted by Crippen LogP contribution is 2.43. The van der Waals surface area contributed by atoms with Crippen LogP contribution in [0.25, 0.3) is 0 Å². The zero-order valence-electron chi connectivity index (χ0n) is 13.9. The minimum Gasteiger partial charge on any atom is -0.369 e. The van der Waals surface area contributed by atoms with Crippen LogP contribution in [-0.4, -0.2) is 30.6 Å². The number of benzene rings is 1. The fraction of sp³-hybridized carbons (Fsp3) is 0.611. The van der Waals surface area contributed by atoms with Crippen molar-refractivity contribution in [2.45, 2.75) is 44.1 Å². The van der Waals surface area contributed by atoms with E-state index in [4.69, 9.17) is 11.5 Å². The third kappa shape index (κ3) is 3.29. The summed E-state index contributed by atoms with van der Waals surface area (Å²) in [4.78, 5) is 0. The summed E-state index contributed by atoms with van der Waals surface area (Å²) in [5, 5.41) is 10.3. The number of nitrogens with one attached hydrogen (secondary N) is 1. The average Bonchev–Trinajstić information content (AvgIpc) is 2.85. The molecule has 1 aromatic carbocycles. The van der Waals surface area contributed by atoms with Crippen LogP contribution in [0.15, 0.2) is 35.4 Å². The second-order valence-electron chi connectivity index (χ2n) is 6.80. The molecule has 0 bridgehead atoms. The standard InChI is InChI=1S/C18H29N5/c19-17(20)22-23-13-12-21-14-18(23,16-10-6-3-7-11-16)15-8-4-1-2-5-9-15/h3,6-7,10-11,15,21H,1-2,4-5,8-9,12-14H2,(H4,19,20,22). The Kier molecular flexibility index (Phi) is 5.06. The average molecular weight is 315 g/mol. The quantitative estimate of drug-likeness (QED) is 0.452. The lowest BCUT2D eigenvalue weighted by Crippen LogP contribution is -2.61. The minimum atomic E-state index is -0.145. The number of hydrazone groups is 1. The highest BCUT2D eigenvalue weighted by molar-refractivity contribution is 5.75. The number of nitrogens with two attached hydrogens (primary N) is 2. The van der Waals surface area contributed by atoms with Crippen LogP contribution in [0, 0.1) is 5.92 Å². The number of piperazine rings is 1. The zero-order valence-corrected chi connectivity index (χ0v) is 13.9. The molecule has 0 aromatic heterocycles. The van der Waals surface area contributed by atoms with E-state index in [1.54, 1.807) is 0 Å². The van der Waals surface area contributed by atoms with Crippen LogP contribution in [0.2, 0.25) is 0 Å². The molecule has 23 heavy (non-hydrogen) atoms. The van der Waals surface area contributed by atoms with E-state index >= 15 is 0 Å². The first-order valence-electron chi connectivity index (χ1n) is 8.87. The van der Waals surface area contributed by atoms with Gasteiger partial charge in [-0.15, -0.1) is 5.10 Å². The molecule has 1 aromatic rings. The predicted molar refractivity (Wildman–Crippen MR) is 94.7 cm³/mol. The Hall–Kier alpha value is -1.75. The Labute approximate surface area is 139 Å². The van der Waals surface area contributed by atoms with Crippen LogP contribution in [0.1, 0.15) is 44.1 Å². The van der Waals surface area contributed by atoms with E-state index in [-0.39, 0.29) is 11.5 Å². The van der Waals surface area contributed by atoms with Crippen molar-refractivity contribution in [2.24, 2.45) is 22.5 Å². The van der Waals surface area contributed by atoms with Crippen molar-refractivity contribution in [2.75, 3.05) is 19.6 Å². The number of hydrogen-bond donors (Lipinski definition) is 3. The van der Waals surface area contributed by atoms with Crippen molar-refractivity contribution >= 4 is 5.96 Å². The SMILES string of the molecule is NC(N)=NN1CCNCC1(c1ccccc1)C1CCCCCC1. The summed E-state index contributed by atoms with van der Waals surface area (Å²) in [7, 11) is 0. The van der Waals surface area contributed by atoms with Gasteiger partial charge in [0.05, 0.1) is 5.54 Å². The molecule has 1 saturated heterocycles. The molecule has 126 valence electrons. The molecule has 1 saturated carbocycles. The fourth-order valence-electron chi connectivity index (χ4n) is 4.36. The van der Waals surface area contributed by atoms with Crippen molar-refractivity contribution in [1.29, 1.82) is 0 Å². The van der Waals surface area contributed by atoms with Gasteiger partial charge in [0.1, 0.15) is 0 Å². The summed E-state index contributed by atoms with van der Waals surface area (Å²) < 4.78 is 0. The monoisotopic (exact) mass is 315 g/mol. The number of guanidine groups is 1. The molecule has 0 amide bonds.